The van der Waals surface area contributed by atoms with Gasteiger partial charge in [-0.05, 0) is 38.0 Å². The monoisotopic (exact) mass is 646 g/mol. The lowest BCUT2D eigenvalue weighted by atomic mass is 9.84. The molecule has 4 amide bonds. The van der Waals surface area contributed by atoms with E-state index in [1.54, 1.807) is 43.6 Å². The average molecular weight is 647 g/mol. The molecule has 1 heterocycles. The summed E-state index contributed by atoms with van der Waals surface area (Å²) in [7, 11) is 0. The average Bonchev–Trinajstić information content (AvgIpc) is 3.51. The highest BCUT2D eigenvalue weighted by molar-refractivity contribution is 5.93. The predicted molar refractivity (Wildman–Crippen MR) is 163 cm³/mol. The van der Waals surface area contributed by atoms with Crippen LogP contribution in [0.3, 0.4) is 0 Å². The van der Waals surface area contributed by atoms with Crippen LogP contribution >= 0.6 is 0 Å². The van der Waals surface area contributed by atoms with Crippen molar-refractivity contribution in [3.05, 3.63) is 41.7 Å². The highest BCUT2D eigenvalue weighted by Crippen LogP contribution is 2.29. The molecule has 1 aromatic carbocycles. The fraction of sp³-hybridized carbons (Fsp3) is 0.484. The number of carboxylic acid groups (broad SMARTS) is 2. The topological polar surface area (TPSA) is 234 Å². The Morgan fingerprint density at radius 1 is 0.913 bits per heavy atom. The van der Waals surface area contributed by atoms with Gasteiger partial charge in [-0.15, -0.1) is 0 Å². The summed E-state index contributed by atoms with van der Waals surface area (Å²) in [4.78, 5) is 72.5. The molecular weight excluding hydrogens is 604 g/mol. The molecule has 15 heteroatoms. The number of furan rings is 1. The van der Waals surface area contributed by atoms with E-state index in [9.17, 15) is 33.9 Å². The number of hydrogen-bond acceptors (Lipinski definition) is 9. The zero-order valence-electron chi connectivity index (χ0n) is 26.1. The first-order chi connectivity index (χ1) is 21.9. The summed E-state index contributed by atoms with van der Waals surface area (Å²) in [5, 5.41) is 34.5. The van der Waals surface area contributed by atoms with Crippen molar-refractivity contribution < 1.29 is 53.3 Å². The molecule has 3 atom stereocenters. The van der Waals surface area contributed by atoms with E-state index in [1.165, 1.54) is 6.07 Å². The minimum absolute atomic E-state index is 0.0469. The third-order valence-corrected chi connectivity index (χ3v) is 7.18. The number of unbranched alkanes of at least 4 members (excludes halogenated alkanes) is 2. The third kappa shape index (κ3) is 11.2. The second-order valence-corrected chi connectivity index (χ2v) is 10.5. The maximum atomic E-state index is 12.9. The summed E-state index contributed by atoms with van der Waals surface area (Å²) < 4.78 is 11.4. The molecule has 46 heavy (non-hydrogen) atoms. The van der Waals surface area contributed by atoms with Crippen LogP contribution in [-0.4, -0.2) is 70.3 Å². The van der Waals surface area contributed by atoms with Crippen molar-refractivity contribution in [3.63, 3.8) is 0 Å². The maximum absolute atomic E-state index is 12.9. The normalized spacial score (nSPS) is 12.7. The van der Waals surface area contributed by atoms with Gasteiger partial charge in [0.2, 0.25) is 17.7 Å². The lowest BCUT2D eigenvalue weighted by Crippen LogP contribution is -2.44. The molecular formula is C31H42N4O11. The molecule has 0 saturated heterocycles. The Hall–Kier alpha value is -4.92. The maximum Gasteiger partial charge on any atom is 0.326 e. The first-order valence-electron chi connectivity index (χ1n) is 15.0. The van der Waals surface area contributed by atoms with Crippen molar-refractivity contribution in [1.82, 2.24) is 21.4 Å². The van der Waals surface area contributed by atoms with Gasteiger partial charge in [0.1, 0.15) is 17.6 Å². The van der Waals surface area contributed by atoms with Crippen LogP contribution in [0.5, 0.6) is 5.75 Å². The molecule has 0 radical (unpaired) electrons. The van der Waals surface area contributed by atoms with Gasteiger partial charge in [-0.3, -0.25) is 29.2 Å². The SMILES string of the molecule is CCCCC[C@@H](C(=O)NCNC(=O)c1ccc(-c2ccc(CC(=O)N[C@@H](CC(=O)O)C(=O)O)c(OCC)c2)o1)[C@@H](CC)C(=O)NO. The number of carbonyl (C=O) groups is 6. The molecule has 0 aliphatic rings. The molecule has 0 aliphatic heterocycles. The van der Waals surface area contributed by atoms with Crippen LogP contribution in [0.2, 0.25) is 0 Å². The summed E-state index contributed by atoms with van der Waals surface area (Å²) in [5.74, 6) is -6.09. The second-order valence-electron chi connectivity index (χ2n) is 10.5. The van der Waals surface area contributed by atoms with Crippen molar-refractivity contribution in [1.29, 1.82) is 0 Å². The van der Waals surface area contributed by atoms with Gasteiger partial charge in [-0.2, -0.15) is 0 Å². The van der Waals surface area contributed by atoms with Gasteiger partial charge < -0.3 is 35.3 Å². The van der Waals surface area contributed by atoms with Gasteiger partial charge in [0.05, 0.1) is 32.0 Å². The number of aliphatic carboxylic acids is 2. The van der Waals surface area contributed by atoms with Gasteiger partial charge in [0.25, 0.3) is 5.91 Å². The van der Waals surface area contributed by atoms with E-state index in [4.69, 9.17) is 19.5 Å². The summed E-state index contributed by atoms with van der Waals surface area (Å²) in [6.45, 7) is 5.52. The van der Waals surface area contributed by atoms with E-state index in [-0.39, 0.29) is 25.5 Å². The zero-order chi connectivity index (χ0) is 34.2. The first kappa shape index (κ1) is 37.3. The highest BCUT2D eigenvalue weighted by atomic mass is 16.5. The largest absolute Gasteiger partial charge is 0.494 e. The minimum atomic E-state index is -1.59. The molecule has 0 aliphatic carbocycles. The van der Waals surface area contributed by atoms with E-state index in [1.807, 2.05) is 6.92 Å². The van der Waals surface area contributed by atoms with Crippen molar-refractivity contribution >= 4 is 35.6 Å². The molecule has 0 spiro atoms. The van der Waals surface area contributed by atoms with E-state index >= 15 is 0 Å². The fourth-order valence-electron chi connectivity index (χ4n) is 4.85. The highest BCUT2D eigenvalue weighted by Gasteiger charge is 2.32. The molecule has 0 bridgehead atoms. The quantitative estimate of drug-likeness (QED) is 0.0478. The predicted octanol–water partition coefficient (Wildman–Crippen LogP) is 2.46. The Bertz CT molecular complexity index is 1370. The molecule has 15 nitrogen and oxygen atoms in total. The molecule has 1 aromatic heterocycles. The van der Waals surface area contributed by atoms with Crippen LogP contribution in [0, 0.1) is 11.8 Å². The number of hydroxylamine groups is 1. The summed E-state index contributed by atoms with van der Waals surface area (Å²) in [5.41, 5.74) is 2.55. The smallest absolute Gasteiger partial charge is 0.326 e. The molecule has 0 fully saturated rings. The number of nitrogens with one attached hydrogen (secondary N) is 4. The van der Waals surface area contributed by atoms with Crippen molar-refractivity contribution in [2.75, 3.05) is 13.3 Å². The van der Waals surface area contributed by atoms with E-state index < -0.39 is 59.9 Å². The summed E-state index contributed by atoms with van der Waals surface area (Å²) >= 11 is 0. The van der Waals surface area contributed by atoms with Gasteiger partial charge in [-0.25, -0.2) is 10.3 Å². The molecule has 0 saturated carbocycles. The van der Waals surface area contributed by atoms with E-state index in [0.717, 1.165) is 19.3 Å². The van der Waals surface area contributed by atoms with Crippen LogP contribution < -0.4 is 26.2 Å². The Morgan fingerprint density at radius 3 is 2.26 bits per heavy atom. The van der Waals surface area contributed by atoms with Gasteiger partial charge >= 0.3 is 11.9 Å². The van der Waals surface area contributed by atoms with Crippen molar-refractivity contribution in [2.45, 2.75) is 71.8 Å². The number of hydrogen-bond donors (Lipinski definition) is 7. The number of ether oxygens (including phenoxy) is 1. The fourth-order valence-corrected chi connectivity index (χ4v) is 4.85. The Morgan fingerprint density at radius 2 is 1.65 bits per heavy atom. The number of carboxylic acids is 2. The van der Waals surface area contributed by atoms with Gasteiger partial charge in [0, 0.05) is 17.0 Å². The van der Waals surface area contributed by atoms with Crippen molar-refractivity contribution in [2.24, 2.45) is 11.8 Å². The minimum Gasteiger partial charge on any atom is -0.494 e. The van der Waals surface area contributed by atoms with E-state index in [2.05, 4.69) is 16.0 Å². The molecule has 252 valence electrons. The lowest BCUT2D eigenvalue weighted by molar-refractivity contribution is -0.147. The molecule has 2 aromatic rings. The Balaban J connectivity index is 2.08. The van der Waals surface area contributed by atoms with Crippen LogP contribution in [0.15, 0.2) is 34.7 Å². The van der Waals surface area contributed by atoms with E-state index in [0.29, 0.717) is 35.5 Å². The molecule has 2 rings (SSSR count). The van der Waals surface area contributed by atoms with Crippen LogP contribution in [-0.2, 0) is 30.4 Å². The lowest BCUT2D eigenvalue weighted by Gasteiger charge is -2.24. The zero-order valence-corrected chi connectivity index (χ0v) is 26.1. The van der Waals surface area contributed by atoms with Gasteiger partial charge in [-0.1, -0.05) is 45.2 Å². The number of rotatable bonds is 20. The van der Waals surface area contributed by atoms with Crippen molar-refractivity contribution in [3.8, 4) is 17.1 Å². The van der Waals surface area contributed by atoms with Crippen LogP contribution in [0.1, 0.15) is 75.4 Å². The molecule has 0 unspecified atom stereocenters. The van der Waals surface area contributed by atoms with Gasteiger partial charge in [0.15, 0.2) is 5.76 Å². The van der Waals surface area contributed by atoms with Crippen LogP contribution in [0.4, 0.5) is 0 Å². The second kappa shape index (κ2) is 18.8. The third-order valence-electron chi connectivity index (χ3n) is 7.18. The first-order valence-corrected chi connectivity index (χ1v) is 15.0. The Kier molecular flexibility index (Phi) is 15.2. The number of carbonyl (C=O) groups excluding carboxylic acids is 4. The standard InChI is InChI=1S/C31H42N4O11/c1-4-7-8-9-21(20(5-2)29(40)35-44)28(39)32-17-33-30(41)24-13-12-23(46-24)18-10-11-19(25(14-18)45-6-3)15-26(36)34-22(31(42)43)16-27(37)38/h10-14,20-22,44H,4-9,15-17H2,1-3H3,(H,32,39)(H,33,41)(H,34,36)(H,35,40)(H,37,38)(H,42,43)/t20-,21-,22+/m1/s1. The number of benzene rings is 1. The number of amides is 4. The summed E-state index contributed by atoms with van der Waals surface area (Å²) in [6, 6.07) is 6.18. The Labute approximate surface area is 266 Å². The van der Waals surface area contributed by atoms with Crippen LogP contribution in [0.25, 0.3) is 11.3 Å². The molecule has 7 N–H and O–H groups in total. The summed E-state index contributed by atoms with van der Waals surface area (Å²) in [6.07, 6.45) is 2.27.